The number of nitrogens with zero attached hydrogens (tertiary/aromatic N) is 2. The topological polar surface area (TPSA) is 93.8 Å². The van der Waals surface area contributed by atoms with Crippen molar-refractivity contribution in [2.75, 3.05) is 13.2 Å². The fourth-order valence-corrected chi connectivity index (χ4v) is 4.35. The van der Waals surface area contributed by atoms with E-state index in [0.717, 1.165) is 6.07 Å². The Kier molecular flexibility index (Phi) is 6.38. The molecule has 10 heteroatoms. The van der Waals surface area contributed by atoms with E-state index in [1.165, 1.54) is 36.0 Å². The highest BCUT2D eigenvalue weighted by atomic mass is 19.4. The minimum absolute atomic E-state index is 0.0394. The van der Waals surface area contributed by atoms with Gasteiger partial charge in [-0.25, -0.2) is 4.79 Å². The van der Waals surface area contributed by atoms with Gasteiger partial charge in [0.2, 0.25) is 5.60 Å². The van der Waals surface area contributed by atoms with E-state index in [-0.39, 0.29) is 41.2 Å². The van der Waals surface area contributed by atoms with Crippen LogP contribution in [0.4, 0.5) is 13.2 Å². The molecule has 2 N–H and O–H groups in total. The van der Waals surface area contributed by atoms with Gasteiger partial charge in [-0.05, 0) is 56.5 Å². The third kappa shape index (κ3) is 4.04. The minimum Gasteiger partial charge on any atom is -0.491 e. The van der Waals surface area contributed by atoms with E-state index in [9.17, 15) is 28.2 Å². The lowest BCUT2D eigenvalue weighted by Gasteiger charge is -2.28. The maximum absolute atomic E-state index is 14.4. The second-order valence-corrected chi connectivity index (χ2v) is 9.26. The van der Waals surface area contributed by atoms with Crippen LogP contribution >= 0.6 is 0 Å². The molecule has 1 heterocycles. The summed E-state index contributed by atoms with van der Waals surface area (Å²) in [7, 11) is 0. The Morgan fingerprint density at radius 3 is 2.50 bits per heavy atom. The average molecular weight is 505 g/mol. The summed E-state index contributed by atoms with van der Waals surface area (Å²) in [6, 6.07) is 8.49. The summed E-state index contributed by atoms with van der Waals surface area (Å²) in [5.41, 5.74) is -3.97. The fourth-order valence-electron chi connectivity index (χ4n) is 4.35. The average Bonchev–Trinajstić information content (AvgIpc) is 3.41. The van der Waals surface area contributed by atoms with Crippen molar-refractivity contribution in [3.63, 3.8) is 0 Å². The van der Waals surface area contributed by atoms with Gasteiger partial charge in [0.25, 0.3) is 0 Å². The van der Waals surface area contributed by atoms with Crippen LogP contribution in [0, 0.1) is 0 Å². The van der Waals surface area contributed by atoms with E-state index < -0.39 is 29.4 Å². The molecule has 0 saturated carbocycles. The van der Waals surface area contributed by atoms with Crippen molar-refractivity contribution in [2.24, 2.45) is 0 Å². The van der Waals surface area contributed by atoms with Crippen LogP contribution in [0.5, 0.6) is 5.75 Å². The van der Waals surface area contributed by atoms with Crippen LogP contribution in [-0.4, -0.2) is 51.5 Å². The lowest BCUT2D eigenvalue weighted by atomic mass is 9.89. The number of halogens is 3. The van der Waals surface area contributed by atoms with E-state index >= 15 is 0 Å². The number of aliphatic hydroxyl groups excluding tert-OH is 1. The molecule has 36 heavy (non-hydrogen) atoms. The number of rotatable bonds is 7. The molecule has 0 aliphatic heterocycles. The molecule has 2 aromatic carbocycles. The molecule has 1 aromatic heterocycles. The van der Waals surface area contributed by atoms with Gasteiger partial charge in [-0.2, -0.15) is 18.3 Å². The molecular formula is C26H27F3N2O5. The Hall–Kier alpha value is -3.37. The van der Waals surface area contributed by atoms with Gasteiger partial charge in [0, 0.05) is 22.9 Å². The molecule has 2 atom stereocenters. The SMILES string of the molecule is CCOC(=O)C(C)(C)n1cc(-c2cc(OC[C@H](C)O)cc3c2-c2ccccc2[C@]3(O)C(F)(F)F)cn1. The first-order valence-corrected chi connectivity index (χ1v) is 11.4. The van der Waals surface area contributed by atoms with Crippen LogP contribution in [0.15, 0.2) is 48.8 Å². The smallest absolute Gasteiger partial charge is 0.425 e. The lowest BCUT2D eigenvalue weighted by Crippen LogP contribution is -2.41. The van der Waals surface area contributed by atoms with Gasteiger partial charge in [0.15, 0.2) is 5.54 Å². The molecule has 4 rings (SSSR count). The predicted octanol–water partition coefficient (Wildman–Crippen LogP) is 4.39. The number of aliphatic hydroxyl groups is 2. The molecule has 0 unspecified atom stereocenters. The van der Waals surface area contributed by atoms with Crippen molar-refractivity contribution in [3.05, 3.63) is 59.9 Å². The number of alkyl halides is 3. The second kappa shape index (κ2) is 8.94. The van der Waals surface area contributed by atoms with E-state index in [4.69, 9.17) is 9.47 Å². The van der Waals surface area contributed by atoms with Crippen LogP contribution in [0.25, 0.3) is 22.3 Å². The van der Waals surface area contributed by atoms with Crippen molar-refractivity contribution in [1.29, 1.82) is 0 Å². The Balaban J connectivity index is 1.96. The van der Waals surface area contributed by atoms with Gasteiger partial charge in [0.05, 0.1) is 18.9 Å². The summed E-state index contributed by atoms with van der Waals surface area (Å²) < 4.78 is 55.3. The van der Waals surface area contributed by atoms with E-state index in [1.807, 2.05) is 0 Å². The largest absolute Gasteiger partial charge is 0.491 e. The number of aromatic nitrogens is 2. The van der Waals surface area contributed by atoms with E-state index in [2.05, 4.69) is 5.10 Å². The Labute approximate surface area is 206 Å². The number of carbonyl (C=O) groups is 1. The van der Waals surface area contributed by atoms with E-state index in [0.29, 0.717) is 11.1 Å². The summed E-state index contributed by atoms with van der Waals surface area (Å²) >= 11 is 0. The molecule has 0 spiro atoms. The molecule has 0 saturated heterocycles. The number of hydrogen-bond donors (Lipinski definition) is 2. The van der Waals surface area contributed by atoms with Crippen LogP contribution < -0.4 is 4.74 Å². The van der Waals surface area contributed by atoms with Crippen LogP contribution in [0.3, 0.4) is 0 Å². The maximum Gasteiger partial charge on any atom is 0.425 e. The quantitative estimate of drug-likeness (QED) is 0.464. The Bertz CT molecular complexity index is 1300. The summed E-state index contributed by atoms with van der Waals surface area (Å²) in [6.45, 7) is 6.42. The lowest BCUT2D eigenvalue weighted by molar-refractivity contribution is -0.246. The number of carbonyl (C=O) groups excluding carboxylic acids is 1. The first-order valence-electron chi connectivity index (χ1n) is 11.4. The first kappa shape index (κ1) is 25.7. The number of fused-ring (bicyclic) bond motifs is 3. The number of hydrogen-bond acceptors (Lipinski definition) is 6. The molecule has 1 aliphatic carbocycles. The summed E-state index contributed by atoms with van der Waals surface area (Å²) in [6.07, 6.45) is -2.92. The van der Waals surface area contributed by atoms with Crippen molar-refractivity contribution in [2.45, 2.75) is 51.1 Å². The molecule has 0 fully saturated rings. The maximum atomic E-state index is 14.4. The second-order valence-electron chi connectivity index (χ2n) is 9.26. The molecule has 0 bridgehead atoms. The zero-order chi connectivity index (χ0) is 26.5. The molecule has 192 valence electrons. The third-order valence-electron chi connectivity index (χ3n) is 6.23. The highest BCUT2D eigenvalue weighted by Crippen LogP contribution is 2.58. The molecule has 1 aliphatic rings. The van der Waals surface area contributed by atoms with Gasteiger partial charge in [-0.1, -0.05) is 24.3 Å². The third-order valence-corrected chi connectivity index (χ3v) is 6.23. The standard InChI is InChI=1S/C26H27F3N2O5/c1-5-35-23(33)24(3,4)31-13-16(12-30-31)19-10-17(36-14-15(2)32)11-21-22(19)18-8-6-7-9-20(18)25(21,34)26(27,28)29/h6-13,15,32,34H,5,14H2,1-4H3/t15-,25+/m0/s1. The van der Waals surface area contributed by atoms with Crippen LogP contribution in [0.1, 0.15) is 38.8 Å². The molecule has 0 amide bonds. The summed E-state index contributed by atoms with van der Waals surface area (Å²) in [5.74, 6) is -0.478. The van der Waals surface area contributed by atoms with Gasteiger partial charge in [-0.3, -0.25) is 4.68 Å². The number of ether oxygens (including phenoxy) is 2. The first-order chi connectivity index (χ1) is 16.8. The van der Waals surface area contributed by atoms with Crippen molar-refractivity contribution < 1.29 is 37.7 Å². The molecule has 7 nitrogen and oxygen atoms in total. The monoisotopic (exact) mass is 504 g/mol. The molecular weight excluding hydrogens is 477 g/mol. The number of benzene rings is 2. The summed E-state index contributed by atoms with van der Waals surface area (Å²) in [5, 5.41) is 25.1. The van der Waals surface area contributed by atoms with Crippen molar-refractivity contribution in [1.82, 2.24) is 9.78 Å². The van der Waals surface area contributed by atoms with Gasteiger partial charge in [-0.15, -0.1) is 0 Å². The van der Waals surface area contributed by atoms with Gasteiger partial charge >= 0.3 is 12.1 Å². The highest BCUT2D eigenvalue weighted by molar-refractivity contribution is 5.93. The van der Waals surface area contributed by atoms with Crippen LogP contribution in [0.2, 0.25) is 0 Å². The Morgan fingerprint density at radius 2 is 1.86 bits per heavy atom. The zero-order valence-corrected chi connectivity index (χ0v) is 20.3. The van der Waals surface area contributed by atoms with E-state index in [1.54, 1.807) is 39.1 Å². The minimum atomic E-state index is -5.02. The Morgan fingerprint density at radius 1 is 1.17 bits per heavy atom. The van der Waals surface area contributed by atoms with Gasteiger partial charge < -0.3 is 19.7 Å². The predicted molar refractivity (Wildman–Crippen MR) is 125 cm³/mol. The normalized spacial score (nSPS) is 17.9. The summed E-state index contributed by atoms with van der Waals surface area (Å²) in [4.78, 5) is 12.5. The van der Waals surface area contributed by atoms with Crippen molar-refractivity contribution >= 4 is 5.97 Å². The van der Waals surface area contributed by atoms with Gasteiger partial charge in [0.1, 0.15) is 12.4 Å². The molecule has 3 aromatic rings. The van der Waals surface area contributed by atoms with Crippen molar-refractivity contribution in [3.8, 4) is 28.0 Å². The highest BCUT2D eigenvalue weighted by Gasteiger charge is 2.61. The van der Waals surface area contributed by atoms with Crippen LogP contribution in [-0.2, 0) is 20.7 Å². The molecule has 0 radical (unpaired) electrons. The number of esters is 1. The zero-order valence-electron chi connectivity index (χ0n) is 20.3. The fraction of sp³-hybridized carbons (Fsp3) is 0.385.